The molecule has 0 spiro atoms. The number of amides is 1. The highest BCUT2D eigenvalue weighted by Gasteiger charge is 2.30. The molecule has 21 heavy (non-hydrogen) atoms. The molecule has 1 aliphatic heterocycles. The number of ether oxygens (including phenoxy) is 1. The van der Waals surface area contributed by atoms with Crippen LogP contribution < -0.4 is 11.0 Å². The Morgan fingerprint density at radius 2 is 2.38 bits per heavy atom. The molecule has 0 radical (unpaired) electrons. The van der Waals surface area contributed by atoms with Crippen molar-refractivity contribution >= 4 is 11.6 Å². The number of carbonyl (C=O) groups is 1. The number of fused-ring (bicyclic) bond motifs is 1. The molecular formula is C14H18N4O3. The second-order valence-corrected chi connectivity index (χ2v) is 5.60. The van der Waals surface area contributed by atoms with Crippen LogP contribution in [0.4, 0.5) is 0 Å². The zero-order valence-electron chi connectivity index (χ0n) is 11.9. The van der Waals surface area contributed by atoms with Crippen LogP contribution in [0.2, 0.25) is 0 Å². The summed E-state index contributed by atoms with van der Waals surface area (Å²) in [4.78, 5) is 24.0. The van der Waals surface area contributed by atoms with Crippen molar-refractivity contribution in [1.82, 2.24) is 19.5 Å². The highest BCUT2D eigenvalue weighted by Crippen LogP contribution is 2.17. The van der Waals surface area contributed by atoms with Crippen LogP contribution in [0.3, 0.4) is 0 Å². The number of nitrogens with zero attached hydrogens (tertiary/aromatic N) is 3. The average molecular weight is 290 g/mol. The molecule has 1 atom stereocenters. The van der Waals surface area contributed by atoms with Crippen molar-refractivity contribution < 1.29 is 9.53 Å². The van der Waals surface area contributed by atoms with E-state index in [1.165, 1.54) is 9.08 Å². The predicted octanol–water partition coefficient (Wildman–Crippen LogP) is 0.181. The van der Waals surface area contributed by atoms with Crippen molar-refractivity contribution in [3.63, 3.8) is 0 Å². The Hall–Kier alpha value is -2.15. The summed E-state index contributed by atoms with van der Waals surface area (Å²) in [6.07, 6.45) is 2.70. The van der Waals surface area contributed by atoms with Crippen LogP contribution >= 0.6 is 0 Å². The SMILES string of the molecule is C[C@]1(NC(=O)CCn2nc3ccccn3c2=O)CCOC1. The topological polar surface area (TPSA) is 77.6 Å². The lowest BCUT2D eigenvalue weighted by atomic mass is 10.0. The number of nitrogens with one attached hydrogen (secondary N) is 1. The number of aryl methyl sites for hydroxylation is 1. The van der Waals surface area contributed by atoms with Gasteiger partial charge in [0, 0.05) is 19.2 Å². The van der Waals surface area contributed by atoms with Crippen LogP contribution in [0, 0.1) is 0 Å². The van der Waals surface area contributed by atoms with Crippen molar-refractivity contribution in [2.75, 3.05) is 13.2 Å². The largest absolute Gasteiger partial charge is 0.379 e. The summed E-state index contributed by atoms with van der Waals surface area (Å²) in [5.41, 5.74) is 0.0638. The number of aromatic nitrogens is 3. The van der Waals surface area contributed by atoms with Gasteiger partial charge in [-0.25, -0.2) is 9.48 Å². The van der Waals surface area contributed by atoms with E-state index in [0.717, 1.165) is 6.42 Å². The van der Waals surface area contributed by atoms with E-state index in [2.05, 4.69) is 10.4 Å². The Labute approximate surface area is 121 Å². The zero-order chi connectivity index (χ0) is 14.9. The van der Waals surface area contributed by atoms with E-state index in [4.69, 9.17) is 4.74 Å². The predicted molar refractivity (Wildman–Crippen MR) is 76.1 cm³/mol. The van der Waals surface area contributed by atoms with E-state index >= 15 is 0 Å². The van der Waals surface area contributed by atoms with Crippen molar-refractivity contribution in [3.05, 3.63) is 34.9 Å². The third kappa shape index (κ3) is 2.82. The first kappa shape index (κ1) is 13.8. The Morgan fingerprint density at radius 1 is 1.52 bits per heavy atom. The second kappa shape index (κ2) is 5.33. The lowest BCUT2D eigenvalue weighted by Gasteiger charge is -2.23. The molecule has 1 saturated heterocycles. The third-order valence-electron chi connectivity index (χ3n) is 3.70. The molecule has 2 aromatic rings. The smallest absolute Gasteiger partial charge is 0.350 e. The van der Waals surface area contributed by atoms with Crippen LogP contribution in [-0.2, 0) is 16.1 Å². The minimum atomic E-state index is -0.291. The molecule has 7 nitrogen and oxygen atoms in total. The normalized spacial score (nSPS) is 21.8. The van der Waals surface area contributed by atoms with Crippen molar-refractivity contribution in [2.24, 2.45) is 0 Å². The van der Waals surface area contributed by atoms with Gasteiger partial charge in [-0.3, -0.25) is 9.20 Å². The van der Waals surface area contributed by atoms with Crippen molar-refractivity contribution in [1.29, 1.82) is 0 Å². The minimum Gasteiger partial charge on any atom is -0.379 e. The van der Waals surface area contributed by atoms with Gasteiger partial charge >= 0.3 is 5.69 Å². The molecule has 0 saturated carbocycles. The maximum atomic E-state index is 12.1. The maximum Gasteiger partial charge on any atom is 0.350 e. The molecule has 1 N–H and O–H groups in total. The molecule has 2 aromatic heterocycles. The molecule has 1 aliphatic rings. The van der Waals surface area contributed by atoms with Gasteiger partial charge in [0.05, 0.1) is 18.7 Å². The fraction of sp³-hybridized carbons (Fsp3) is 0.500. The number of hydrogen-bond donors (Lipinski definition) is 1. The average Bonchev–Trinajstić information content (AvgIpc) is 3.02. The van der Waals surface area contributed by atoms with Crippen LogP contribution in [0.15, 0.2) is 29.2 Å². The standard InChI is InChI=1S/C14H18N4O3/c1-14(6-9-21-10-14)15-12(19)5-8-18-13(20)17-7-3-2-4-11(17)16-18/h2-4,7H,5-6,8-10H2,1H3,(H,15,19)/t14-/m0/s1. The molecule has 0 aromatic carbocycles. The minimum absolute atomic E-state index is 0.0908. The second-order valence-electron chi connectivity index (χ2n) is 5.60. The monoisotopic (exact) mass is 290 g/mol. The summed E-state index contributed by atoms with van der Waals surface area (Å²) < 4.78 is 8.08. The summed E-state index contributed by atoms with van der Waals surface area (Å²) in [5, 5.41) is 7.16. The van der Waals surface area contributed by atoms with Gasteiger partial charge in [-0.2, -0.15) is 0 Å². The van der Waals surface area contributed by atoms with Gasteiger partial charge < -0.3 is 10.1 Å². The molecule has 7 heteroatoms. The highest BCUT2D eigenvalue weighted by atomic mass is 16.5. The van der Waals surface area contributed by atoms with Crippen LogP contribution in [0.25, 0.3) is 5.65 Å². The van der Waals surface area contributed by atoms with Gasteiger partial charge in [-0.1, -0.05) is 6.07 Å². The summed E-state index contributed by atoms with van der Waals surface area (Å²) >= 11 is 0. The molecular weight excluding hydrogens is 272 g/mol. The van der Waals surface area contributed by atoms with Crippen molar-refractivity contribution in [3.8, 4) is 0 Å². The number of pyridine rings is 1. The molecule has 0 bridgehead atoms. The first-order chi connectivity index (χ1) is 10.1. The van der Waals surface area contributed by atoms with Gasteiger partial charge in [0.2, 0.25) is 5.91 Å². The van der Waals surface area contributed by atoms with Gasteiger partial charge in [0.15, 0.2) is 5.65 Å². The van der Waals surface area contributed by atoms with E-state index < -0.39 is 0 Å². The van der Waals surface area contributed by atoms with Gasteiger partial charge in [0.25, 0.3) is 0 Å². The Bertz CT molecular complexity index is 712. The quantitative estimate of drug-likeness (QED) is 0.871. The van der Waals surface area contributed by atoms with Crippen LogP contribution in [0.1, 0.15) is 19.8 Å². The lowest BCUT2D eigenvalue weighted by Crippen LogP contribution is -2.46. The zero-order valence-corrected chi connectivity index (χ0v) is 11.9. The van der Waals surface area contributed by atoms with E-state index in [0.29, 0.717) is 18.9 Å². The van der Waals surface area contributed by atoms with Crippen LogP contribution in [-0.4, -0.2) is 38.8 Å². The fourth-order valence-electron chi connectivity index (χ4n) is 2.49. The molecule has 0 aliphatic carbocycles. The lowest BCUT2D eigenvalue weighted by molar-refractivity contribution is -0.123. The third-order valence-corrected chi connectivity index (χ3v) is 3.70. The first-order valence-electron chi connectivity index (χ1n) is 7.00. The molecule has 3 heterocycles. The molecule has 1 amide bonds. The van der Waals surface area contributed by atoms with E-state index in [1.807, 2.05) is 13.0 Å². The summed E-state index contributed by atoms with van der Waals surface area (Å²) in [6.45, 7) is 3.44. The molecule has 1 fully saturated rings. The Balaban J connectivity index is 1.65. The number of hydrogen-bond acceptors (Lipinski definition) is 4. The van der Waals surface area contributed by atoms with Gasteiger partial charge in [0.1, 0.15) is 0 Å². The summed E-state index contributed by atoms with van der Waals surface area (Å²) in [7, 11) is 0. The summed E-state index contributed by atoms with van der Waals surface area (Å²) in [6, 6.07) is 5.35. The van der Waals surface area contributed by atoms with Gasteiger partial charge in [-0.15, -0.1) is 5.10 Å². The fourth-order valence-corrected chi connectivity index (χ4v) is 2.49. The Morgan fingerprint density at radius 3 is 3.10 bits per heavy atom. The van der Waals surface area contributed by atoms with E-state index in [9.17, 15) is 9.59 Å². The molecule has 3 rings (SSSR count). The molecule has 0 unspecified atom stereocenters. The number of rotatable bonds is 4. The highest BCUT2D eigenvalue weighted by molar-refractivity contribution is 5.76. The van der Waals surface area contributed by atoms with Gasteiger partial charge in [-0.05, 0) is 25.5 Å². The Kier molecular flexibility index (Phi) is 3.50. The van der Waals surface area contributed by atoms with Crippen molar-refractivity contribution in [2.45, 2.75) is 31.8 Å². The summed E-state index contributed by atoms with van der Waals surface area (Å²) in [5.74, 6) is -0.0908. The van der Waals surface area contributed by atoms with E-state index in [1.54, 1.807) is 18.3 Å². The van der Waals surface area contributed by atoms with E-state index in [-0.39, 0.29) is 30.1 Å². The maximum absolute atomic E-state index is 12.1. The van der Waals surface area contributed by atoms with Crippen LogP contribution in [0.5, 0.6) is 0 Å². The number of carbonyl (C=O) groups excluding carboxylic acids is 1. The first-order valence-corrected chi connectivity index (χ1v) is 7.00. The molecule has 112 valence electrons.